The molecule has 108 valence electrons. The Morgan fingerprint density at radius 3 is 2.37 bits per heavy atom. The minimum absolute atomic E-state index is 0.972. The van der Waals surface area contributed by atoms with E-state index in [2.05, 4.69) is 42.8 Å². The lowest BCUT2D eigenvalue weighted by molar-refractivity contribution is -0.704. The van der Waals surface area contributed by atoms with Gasteiger partial charge in [-0.2, -0.15) is 0 Å². The monoisotopic (exact) mass is 265 g/mol. The minimum Gasteiger partial charge on any atom is -0.550 e. The van der Waals surface area contributed by atoms with Crippen LogP contribution < -0.4 is 9.67 Å². The second-order valence-corrected chi connectivity index (χ2v) is 4.69. The van der Waals surface area contributed by atoms with E-state index in [0.717, 1.165) is 6.92 Å². The number of hydrogen-bond donors (Lipinski definition) is 0. The molecule has 0 aliphatic heterocycles. The number of unbranched alkanes of at least 4 members (excludes halogenated alkanes) is 3. The van der Waals surface area contributed by atoms with Crippen molar-refractivity contribution in [3.63, 3.8) is 0 Å². The average molecular weight is 265 g/mol. The van der Waals surface area contributed by atoms with Gasteiger partial charge in [0.05, 0.1) is 0 Å². The van der Waals surface area contributed by atoms with E-state index in [4.69, 9.17) is 9.90 Å². The van der Waals surface area contributed by atoms with Crippen LogP contribution in [0.1, 0.15) is 58.6 Å². The number of pyridine rings is 1. The summed E-state index contributed by atoms with van der Waals surface area (Å²) in [6, 6.07) is 6.56. The Kier molecular flexibility index (Phi) is 10.8. The highest BCUT2D eigenvalue weighted by atomic mass is 16.4. The first kappa shape index (κ1) is 17.6. The summed E-state index contributed by atoms with van der Waals surface area (Å²) in [4.78, 5) is 8.89. The molecule has 1 aromatic heterocycles. The minimum atomic E-state index is -1.08. The van der Waals surface area contributed by atoms with Crippen molar-refractivity contribution in [3.8, 4) is 0 Å². The number of carboxylic acids is 1. The predicted molar refractivity (Wildman–Crippen MR) is 75.5 cm³/mol. The SMILES string of the molecule is CC(=O)[O-].CCCCC[n+]1ccccc1CCCC. The highest BCUT2D eigenvalue weighted by Gasteiger charge is 2.07. The molecule has 0 saturated heterocycles. The van der Waals surface area contributed by atoms with Crippen molar-refractivity contribution in [2.24, 2.45) is 0 Å². The first-order valence-electron chi connectivity index (χ1n) is 7.26. The first-order valence-corrected chi connectivity index (χ1v) is 7.26. The van der Waals surface area contributed by atoms with Gasteiger partial charge < -0.3 is 9.90 Å². The third kappa shape index (κ3) is 10.2. The molecule has 0 aliphatic rings. The second kappa shape index (κ2) is 11.7. The van der Waals surface area contributed by atoms with Gasteiger partial charge in [-0.3, -0.25) is 0 Å². The van der Waals surface area contributed by atoms with Crippen molar-refractivity contribution in [3.05, 3.63) is 30.1 Å². The topological polar surface area (TPSA) is 44.0 Å². The average Bonchev–Trinajstić information content (AvgIpc) is 2.37. The van der Waals surface area contributed by atoms with E-state index in [1.54, 1.807) is 0 Å². The molecule has 0 atom stereocenters. The summed E-state index contributed by atoms with van der Waals surface area (Å²) in [5.41, 5.74) is 1.50. The van der Waals surface area contributed by atoms with Crippen molar-refractivity contribution in [2.75, 3.05) is 0 Å². The van der Waals surface area contributed by atoms with Crippen LogP contribution in [-0.4, -0.2) is 5.97 Å². The fourth-order valence-corrected chi connectivity index (χ4v) is 1.85. The number of carbonyl (C=O) groups is 1. The van der Waals surface area contributed by atoms with Gasteiger partial charge in [-0.15, -0.1) is 0 Å². The molecule has 0 fully saturated rings. The number of aryl methyl sites for hydroxylation is 2. The largest absolute Gasteiger partial charge is 0.550 e. The van der Waals surface area contributed by atoms with Crippen molar-refractivity contribution in [1.29, 1.82) is 0 Å². The molecule has 0 bridgehead atoms. The van der Waals surface area contributed by atoms with Crippen LogP contribution in [0.2, 0.25) is 0 Å². The zero-order valence-electron chi connectivity index (χ0n) is 12.5. The number of rotatable bonds is 7. The van der Waals surface area contributed by atoms with E-state index >= 15 is 0 Å². The maximum atomic E-state index is 8.89. The highest BCUT2D eigenvalue weighted by Crippen LogP contribution is 2.01. The van der Waals surface area contributed by atoms with Crippen molar-refractivity contribution in [2.45, 2.75) is 65.8 Å². The van der Waals surface area contributed by atoms with Crippen LogP contribution in [0.15, 0.2) is 24.4 Å². The highest BCUT2D eigenvalue weighted by molar-refractivity contribution is 5.60. The van der Waals surface area contributed by atoms with E-state index in [0.29, 0.717) is 0 Å². The summed E-state index contributed by atoms with van der Waals surface area (Å²) in [6.45, 7) is 6.67. The Hall–Kier alpha value is -1.38. The fourth-order valence-electron chi connectivity index (χ4n) is 1.85. The van der Waals surface area contributed by atoms with E-state index in [9.17, 15) is 0 Å². The molecule has 3 heteroatoms. The van der Waals surface area contributed by atoms with E-state index < -0.39 is 5.97 Å². The Labute approximate surface area is 117 Å². The van der Waals surface area contributed by atoms with Crippen molar-refractivity contribution >= 4 is 5.97 Å². The molecule has 1 heterocycles. The number of carboxylic acid groups (broad SMARTS) is 1. The van der Waals surface area contributed by atoms with Gasteiger partial charge in [-0.05, 0) is 19.8 Å². The molecule has 0 radical (unpaired) electrons. The molecule has 1 aromatic rings. The third-order valence-electron chi connectivity index (χ3n) is 2.82. The molecular weight excluding hydrogens is 238 g/mol. The summed E-state index contributed by atoms with van der Waals surface area (Å²) in [6.07, 6.45) is 9.99. The Morgan fingerprint density at radius 1 is 1.16 bits per heavy atom. The molecule has 3 nitrogen and oxygen atoms in total. The van der Waals surface area contributed by atoms with Gasteiger partial charge in [0.15, 0.2) is 11.9 Å². The molecule has 0 spiro atoms. The van der Waals surface area contributed by atoms with Crippen LogP contribution in [0.4, 0.5) is 0 Å². The molecule has 0 aromatic carbocycles. The van der Waals surface area contributed by atoms with Crippen molar-refractivity contribution < 1.29 is 14.5 Å². The van der Waals surface area contributed by atoms with Crippen LogP contribution in [0, 0.1) is 0 Å². The third-order valence-corrected chi connectivity index (χ3v) is 2.82. The fraction of sp³-hybridized carbons (Fsp3) is 0.625. The van der Waals surface area contributed by atoms with Gasteiger partial charge in [0, 0.05) is 30.9 Å². The maximum absolute atomic E-state index is 8.89. The molecule has 0 unspecified atom stereocenters. The quantitative estimate of drug-likeness (QED) is 0.560. The van der Waals surface area contributed by atoms with Gasteiger partial charge in [0.2, 0.25) is 0 Å². The lowest BCUT2D eigenvalue weighted by Crippen LogP contribution is -2.37. The summed E-state index contributed by atoms with van der Waals surface area (Å²) < 4.78 is 2.42. The predicted octanol–water partition coefficient (Wildman–Crippen LogP) is 2.26. The number of nitrogens with zero attached hydrogens (tertiary/aromatic N) is 1. The normalized spacial score (nSPS) is 9.63. The zero-order chi connectivity index (χ0) is 14.5. The second-order valence-electron chi connectivity index (χ2n) is 4.69. The number of aliphatic carboxylic acids is 1. The summed E-state index contributed by atoms with van der Waals surface area (Å²) in [5.74, 6) is -1.08. The van der Waals surface area contributed by atoms with Gasteiger partial charge in [0.25, 0.3) is 0 Å². The van der Waals surface area contributed by atoms with Crippen LogP contribution in [0.3, 0.4) is 0 Å². The van der Waals surface area contributed by atoms with Crippen molar-refractivity contribution in [1.82, 2.24) is 0 Å². The molecule has 19 heavy (non-hydrogen) atoms. The summed E-state index contributed by atoms with van der Waals surface area (Å²) in [7, 11) is 0. The number of carbonyl (C=O) groups excluding carboxylic acids is 1. The van der Waals surface area contributed by atoms with E-state index in [-0.39, 0.29) is 0 Å². The number of hydrogen-bond acceptors (Lipinski definition) is 2. The van der Waals surface area contributed by atoms with Crippen LogP contribution in [-0.2, 0) is 17.8 Å². The van der Waals surface area contributed by atoms with Gasteiger partial charge in [0.1, 0.15) is 6.54 Å². The van der Waals surface area contributed by atoms with E-state index in [1.165, 1.54) is 50.8 Å². The summed E-state index contributed by atoms with van der Waals surface area (Å²) in [5, 5.41) is 8.89. The Morgan fingerprint density at radius 2 is 1.79 bits per heavy atom. The maximum Gasteiger partial charge on any atom is 0.181 e. The zero-order valence-corrected chi connectivity index (χ0v) is 12.5. The smallest absolute Gasteiger partial charge is 0.181 e. The van der Waals surface area contributed by atoms with Crippen LogP contribution in [0.25, 0.3) is 0 Å². The molecule has 0 amide bonds. The molecule has 0 aliphatic carbocycles. The Balaban J connectivity index is 0.000000711. The standard InChI is InChI=1S/C14H24N.C2H4O2/c1-3-5-8-12-15-13-9-7-11-14(15)10-6-4-2;1-2(3)4/h7,9,11,13H,3-6,8,10,12H2,1-2H3;1H3,(H,3,4)/q+1;/p-1. The van der Waals surface area contributed by atoms with Crippen LogP contribution >= 0.6 is 0 Å². The van der Waals surface area contributed by atoms with Gasteiger partial charge in [-0.25, -0.2) is 4.57 Å². The molecule has 1 rings (SSSR count). The van der Waals surface area contributed by atoms with E-state index in [1.807, 2.05) is 0 Å². The summed E-state index contributed by atoms with van der Waals surface area (Å²) >= 11 is 0. The molecule has 0 N–H and O–H groups in total. The lowest BCUT2D eigenvalue weighted by atomic mass is 10.1. The van der Waals surface area contributed by atoms with Crippen LogP contribution in [0.5, 0.6) is 0 Å². The lowest BCUT2D eigenvalue weighted by Gasteiger charge is -2.02. The Bertz CT molecular complexity index is 346. The van der Waals surface area contributed by atoms with Gasteiger partial charge >= 0.3 is 0 Å². The first-order chi connectivity index (χ1) is 9.11. The molecule has 0 saturated carbocycles. The number of aromatic nitrogens is 1. The van der Waals surface area contributed by atoms with Gasteiger partial charge in [-0.1, -0.05) is 32.8 Å². The molecular formula is C16H27NO2.